The van der Waals surface area contributed by atoms with Gasteiger partial charge in [0.2, 0.25) is 5.90 Å². The Labute approximate surface area is 357 Å². The first-order chi connectivity index (χ1) is 29.5. The topological polar surface area (TPSA) is 146 Å². The Hall–Kier alpha value is -6.37. The molecule has 12 nitrogen and oxygen atoms in total. The predicted molar refractivity (Wildman–Crippen MR) is 233 cm³/mol. The maximum Gasteiger partial charge on any atom is 0.306 e. The number of esters is 1. The second-order valence-corrected chi connectivity index (χ2v) is 15.6. The molecular weight excluding hydrogens is 775 g/mol. The number of aliphatic hydroxyl groups excluding tert-OH is 1. The number of hydrogen-bond acceptors (Lipinski definition) is 11. The number of hydrazine groups is 1. The number of carbonyl (C=O) groups excluding carboxylic acids is 2. The van der Waals surface area contributed by atoms with E-state index in [-0.39, 0.29) is 25.3 Å². The Morgan fingerprint density at radius 1 is 0.770 bits per heavy atom. The lowest BCUT2D eigenvalue weighted by Crippen LogP contribution is -2.53. The summed E-state index contributed by atoms with van der Waals surface area (Å²) in [6.45, 7) is 6.90. The van der Waals surface area contributed by atoms with E-state index in [1.807, 2.05) is 91.0 Å². The fraction of sp³-hybridized carbons (Fsp3) is 0.327. The molecule has 0 aliphatic carbocycles. The van der Waals surface area contributed by atoms with Crippen LogP contribution in [0.15, 0.2) is 132 Å². The number of nitrogens with one attached hydrogen (secondary N) is 2. The maximum absolute atomic E-state index is 14.7. The summed E-state index contributed by atoms with van der Waals surface area (Å²) >= 11 is 0. The largest absolute Gasteiger partial charge is 0.497 e. The fourth-order valence-electron chi connectivity index (χ4n) is 6.73. The third-order valence-electron chi connectivity index (χ3n) is 9.78. The van der Waals surface area contributed by atoms with E-state index in [0.29, 0.717) is 73.3 Å². The van der Waals surface area contributed by atoms with Crippen molar-refractivity contribution < 1.29 is 43.1 Å². The molecule has 0 spiro atoms. The van der Waals surface area contributed by atoms with Crippen molar-refractivity contribution in [1.29, 1.82) is 0 Å². The Balaban J connectivity index is 1.23. The number of aliphatic imine (C=N–C) groups is 1. The second-order valence-electron chi connectivity index (χ2n) is 15.6. The third kappa shape index (κ3) is 12.6. The van der Waals surface area contributed by atoms with Crippen LogP contribution in [0.1, 0.15) is 74.0 Å². The molecule has 5 aromatic carbocycles. The average molecular weight is 830 g/mol. The Bertz CT molecular complexity index is 2210. The number of methoxy groups -OCH3 is 1. The molecule has 61 heavy (non-hydrogen) atoms. The zero-order valence-corrected chi connectivity index (χ0v) is 35.2. The van der Waals surface area contributed by atoms with Crippen LogP contribution in [0.5, 0.6) is 23.0 Å². The number of hydrogen-bond donors (Lipinski definition) is 3. The maximum atomic E-state index is 14.7. The lowest BCUT2D eigenvalue weighted by Gasteiger charge is -2.31. The van der Waals surface area contributed by atoms with Gasteiger partial charge in [0.25, 0.3) is 5.91 Å². The van der Waals surface area contributed by atoms with E-state index in [1.165, 1.54) is 0 Å². The van der Waals surface area contributed by atoms with Crippen molar-refractivity contribution >= 4 is 17.8 Å². The Morgan fingerprint density at radius 2 is 1.46 bits per heavy atom. The monoisotopic (exact) mass is 829 g/mol. The number of ether oxygens (including phenoxy) is 6. The summed E-state index contributed by atoms with van der Waals surface area (Å²) < 4.78 is 36.0. The van der Waals surface area contributed by atoms with Crippen molar-refractivity contribution in [1.82, 2.24) is 10.9 Å². The van der Waals surface area contributed by atoms with E-state index in [1.54, 1.807) is 64.3 Å². The van der Waals surface area contributed by atoms with Crippen LogP contribution in [0.3, 0.4) is 0 Å². The summed E-state index contributed by atoms with van der Waals surface area (Å²) in [5.74, 6) is 1.69. The second kappa shape index (κ2) is 21.2. The van der Waals surface area contributed by atoms with Gasteiger partial charge in [0.15, 0.2) is 23.1 Å². The van der Waals surface area contributed by atoms with E-state index in [4.69, 9.17) is 38.5 Å². The van der Waals surface area contributed by atoms with E-state index < -0.39 is 29.1 Å². The smallest absolute Gasteiger partial charge is 0.306 e. The lowest BCUT2D eigenvalue weighted by atomic mass is 9.83. The first-order valence-corrected chi connectivity index (χ1v) is 20.5. The number of nitrogens with zero attached hydrogens (tertiary/aromatic N) is 1. The molecule has 0 fully saturated rings. The number of rotatable bonds is 21. The number of carbonyl (C=O) groups is 2. The highest BCUT2D eigenvalue weighted by Crippen LogP contribution is 2.44. The van der Waals surface area contributed by atoms with Gasteiger partial charge in [0.05, 0.1) is 13.7 Å². The Kier molecular flexibility index (Phi) is 15.4. The van der Waals surface area contributed by atoms with E-state index in [9.17, 15) is 9.59 Å². The molecular formula is C49H55N3O9. The molecule has 12 heteroatoms. The molecule has 0 radical (unpaired) electrons. The van der Waals surface area contributed by atoms with Gasteiger partial charge in [-0.05, 0) is 104 Å². The summed E-state index contributed by atoms with van der Waals surface area (Å²) in [5.41, 5.74) is 7.97. The SMILES string of the molecule is COc1cccc([C@@H]2OC(c3ccc(OCCCO)cc3)=N[C@]2(CCC(=O)OC(C)(C)C)C(=O)NNCCc2ccc(OCc3ccccc3)c(OCc3ccccc3)c2)c1. The van der Waals surface area contributed by atoms with Crippen LogP contribution in [-0.4, -0.2) is 60.9 Å². The number of benzene rings is 5. The van der Waals surface area contributed by atoms with Crippen molar-refractivity contribution in [3.8, 4) is 23.0 Å². The van der Waals surface area contributed by atoms with Crippen LogP contribution >= 0.6 is 0 Å². The molecule has 3 N–H and O–H groups in total. The fourth-order valence-corrected chi connectivity index (χ4v) is 6.73. The molecule has 5 aromatic rings. The number of amides is 1. The van der Waals surface area contributed by atoms with Crippen LogP contribution in [0, 0.1) is 0 Å². The van der Waals surface area contributed by atoms with Crippen molar-refractivity contribution in [3.05, 3.63) is 155 Å². The van der Waals surface area contributed by atoms with Crippen LogP contribution < -0.4 is 29.8 Å². The minimum atomic E-state index is -1.60. The molecule has 0 saturated carbocycles. The van der Waals surface area contributed by atoms with Crippen LogP contribution in [0.25, 0.3) is 0 Å². The first-order valence-electron chi connectivity index (χ1n) is 20.5. The van der Waals surface area contributed by atoms with Crippen LogP contribution in [0.4, 0.5) is 0 Å². The molecule has 320 valence electrons. The molecule has 6 rings (SSSR count). The summed E-state index contributed by atoms with van der Waals surface area (Å²) in [6.07, 6.45) is -0.0227. The van der Waals surface area contributed by atoms with Crippen LogP contribution in [0.2, 0.25) is 0 Å². The zero-order valence-electron chi connectivity index (χ0n) is 35.2. The van der Waals surface area contributed by atoms with Gasteiger partial charge < -0.3 is 33.5 Å². The summed E-state index contributed by atoms with van der Waals surface area (Å²) in [4.78, 5) is 32.9. The third-order valence-corrected chi connectivity index (χ3v) is 9.78. The highest BCUT2D eigenvalue weighted by molar-refractivity contribution is 6.01. The van der Waals surface area contributed by atoms with Gasteiger partial charge in [0, 0.05) is 31.6 Å². The van der Waals surface area contributed by atoms with Gasteiger partial charge in [-0.15, -0.1) is 0 Å². The van der Waals surface area contributed by atoms with Crippen molar-refractivity contribution in [2.75, 3.05) is 26.9 Å². The minimum absolute atomic E-state index is 0.0181. The Morgan fingerprint density at radius 3 is 2.11 bits per heavy atom. The summed E-state index contributed by atoms with van der Waals surface area (Å²) in [5, 5.41) is 9.15. The predicted octanol–water partition coefficient (Wildman–Crippen LogP) is 7.86. The van der Waals surface area contributed by atoms with Gasteiger partial charge in [-0.2, -0.15) is 0 Å². The molecule has 1 heterocycles. The van der Waals surface area contributed by atoms with Crippen molar-refractivity contribution in [2.45, 2.75) is 76.9 Å². The van der Waals surface area contributed by atoms with Gasteiger partial charge in [-0.1, -0.05) is 78.9 Å². The number of aliphatic hydroxyl groups is 1. The normalized spacial score (nSPS) is 15.9. The zero-order chi connectivity index (χ0) is 43.1. The molecule has 1 aliphatic heterocycles. The molecule has 0 unspecified atom stereocenters. The summed E-state index contributed by atoms with van der Waals surface area (Å²) in [6, 6.07) is 40.1. The average Bonchev–Trinajstić information content (AvgIpc) is 3.67. The van der Waals surface area contributed by atoms with Gasteiger partial charge >= 0.3 is 5.97 Å². The lowest BCUT2D eigenvalue weighted by molar-refractivity contribution is -0.155. The molecule has 0 bridgehead atoms. The van der Waals surface area contributed by atoms with E-state index in [0.717, 1.165) is 16.7 Å². The first kappa shape index (κ1) is 44.2. The van der Waals surface area contributed by atoms with Crippen molar-refractivity contribution in [2.24, 2.45) is 4.99 Å². The molecule has 0 aromatic heterocycles. The van der Waals surface area contributed by atoms with E-state index in [2.05, 4.69) is 10.9 Å². The van der Waals surface area contributed by atoms with Gasteiger partial charge in [-0.3, -0.25) is 15.0 Å². The minimum Gasteiger partial charge on any atom is -0.497 e. The standard InChI is InChI=1S/C49H55N3O9/c1-48(2,3)61-44(54)25-27-49(45(39-17-11-18-41(32-39)56-4)60-46(51-49)38-20-22-40(23-21-38)57-30-12-29-53)47(55)52-50-28-26-35-19-24-42(58-33-36-13-7-5-8-14-36)43(31-35)59-34-37-15-9-6-10-16-37/h5-11,13-24,31-32,45,50,53H,12,25-30,33-34H2,1-4H3,(H,52,55)/t45-,49-/m0/s1. The van der Waals surface area contributed by atoms with Crippen LogP contribution in [-0.2, 0) is 38.7 Å². The molecule has 2 atom stereocenters. The summed E-state index contributed by atoms with van der Waals surface area (Å²) in [7, 11) is 1.57. The molecule has 1 amide bonds. The van der Waals surface area contributed by atoms with Gasteiger partial charge in [-0.25, -0.2) is 10.4 Å². The quantitative estimate of drug-likeness (QED) is 0.0380. The highest BCUT2D eigenvalue weighted by Gasteiger charge is 2.53. The molecule has 0 saturated heterocycles. The van der Waals surface area contributed by atoms with Crippen molar-refractivity contribution in [3.63, 3.8) is 0 Å². The molecule has 1 aliphatic rings. The van der Waals surface area contributed by atoms with E-state index >= 15 is 0 Å². The van der Waals surface area contributed by atoms with Gasteiger partial charge in [0.1, 0.15) is 30.3 Å². The highest BCUT2D eigenvalue weighted by atomic mass is 16.6.